The Morgan fingerprint density at radius 1 is 1.46 bits per heavy atom. The number of H-pyrrole nitrogens is 1. The van der Waals surface area contributed by atoms with E-state index in [2.05, 4.69) is 33.8 Å². The van der Waals surface area contributed by atoms with Gasteiger partial charge in [-0.1, -0.05) is 13.8 Å². The van der Waals surface area contributed by atoms with Crippen molar-refractivity contribution in [3.8, 4) is 0 Å². The minimum Gasteiger partial charge on any atom is -0.358 e. The third-order valence-electron chi connectivity index (χ3n) is 4.03. The highest BCUT2D eigenvalue weighted by Gasteiger charge is 2.29. The molecule has 1 fully saturated rings. The van der Waals surface area contributed by atoms with Crippen LogP contribution < -0.4 is 0 Å². The molecule has 132 valence electrons. The van der Waals surface area contributed by atoms with Crippen LogP contribution in [0.25, 0.3) is 0 Å². The van der Waals surface area contributed by atoms with Gasteiger partial charge in [-0.2, -0.15) is 5.10 Å². The molecular weight excluding hydrogens is 314 g/mol. The van der Waals surface area contributed by atoms with Crippen LogP contribution in [-0.4, -0.2) is 80.7 Å². The van der Waals surface area contributed by atoms with Crippen molar-refractivity contribution in [1.29, 1.82) is 0 Å². The van der Waals surface area contributed by atoms with Gasteiger partial charge in [-0.3, -0.25) is 0 Å². The van der Waals surface area contributed by atoms with Crippen LogP contribution in [0.3, 0.4) is 0 Å². The number of urea groups is 1. The van der Waals surface area contributed by atoms with Gasteiger partial charge in [-0.15, -0.1) is 0 Å². The van der Waals surface area contributed by atoms with E-state index in [9.17, 15) is 14.9 Å². The lowest BCUT2D eigenvalue weighted by Crippen LogP contribution is -2.37. The summed E-state index contributed by atoms with van der Waals surface area (Å²) in [5.74, 6) is 0.0873. The molecule has 1 aromatic heterocycles. The predicted octanol–water partition coefficient (Wildman–Crippen LogP) is 1.12. The number of likely N-dealkylation sites (N-methyl/N-ethyl adjacent to an activating group) is 1. The molecule has 1 N–H and O–H groups in total. The summed E-state index contributed by atoms with van der Waals surface area (Å²) in [5.41, 5.74) is 0.432. The van der Waals surface area contributed by atoms with Crippen LogP contribution in [0.15, 0.2) is 11.3 Å². The summed E-state index contributed by atoms with van der Waals surface area (Å²) in [6, 6.07) is -0.150. The smallest absolute Gasteiger partial charge is 0.340 e. The molecule has 1 aliphatic rings. The second kappa shape index (κ2) is 7.86. The fourth-order valence-electron chi connectivity index (χ4n) is 2.49. The fraction of sp³-hybridized carbons (Fsp3) is 0.643. The molecule has 10 nitrogen and oxygen atoms in total. The van der Waals surface area contributed by atoms with Crippen LogP contribution in [0.4, 0.5) is 10.6 Å². The molecule has 1 saturated heterocycles. The number of hydrogen-bond donors (Lipinski definition) is 1. The van der Waals surface area contributed by atoms with Crippen molar-refractivity contribution in [2.75, 3.05) is 39.3 Å². The molecule has 0 bridgehead atoms. The molecule has 0 saturated carbocycles. The van der Waals surface area contributed by atoms with Gasteiger partial charge in [0.05, 0.1) is 6.54 Å². The van der Waals surface area contributed by atoms with E-state index in [4.69, 9.17) is 0 Å². The zero-order valence-corrected chi connectivity index (χ0v) is 14.2. The number of hydrazone groups is 1. The Bertz CT molecular complexity index is 624. The highest BCUT2D eigenvalue weighted by Crippen LogP contribution is 2.12. The van der Waals surface area contributed by atoms with Crippen molar-refractivity contribution in [2.45, 2.75) is 20.8 Å². The van der Waals surface area contributed by atoms with Gasteiger partial charge in [0.25, 0.3) is 0 Å². The quantitative estimate of drug-likeness (QED) is 0.434. The number of carbonyl (C=O) groups is 1. The standard InChI is InChI=1S/C14H23N7O3/c1-4-18(5-2)6-7-19-8-9-20(14(19)22)17-11(3)13-15-10-12(16-13)21(23)24/h10H,4-9H2,1-3H3,(H,15,16). The number of amides is 2. The largest absolute Gasteiger partial charge is 0.358 e. The van der Waals surface area contributed by atoms with Gasteiger partial charge in [0, 0.05) is 19.6 Å². The Hall–Kier alpha value is -2.49. The first-order valence-electron chi connectivity index (χ1n) is 8.00. The Kier molecular flexibility index (Phi) is 5.85. The third kappa shape index (κ3) is 4.07. The second-order valence-electron chi connectivity index (χ2n) is 5.48. The number of aromatic nitrogens is 2. The van der Waals surface area contributed by atoms with Crippen molar-refractivity contribution < 1.29 is 9.72 Å². The maximum Gasteiger partial charge on any atom is 0.340 e. The zero-order valence-electron chi connectivity index (χ0n) is 14.2. The maximum absolute atomic E-state index is 12.4. The zero-order chi connectivity index (χ0) is 17.7. The lowest BCUT2D eigenvalue weighted by Gasteiger charge is -2.22. The number of hydrogen-bond acceptors (Lipinski definition) is 6. The normalized spacial score (nSPS) is 15.7. The van der Waals surface area contributed by atoms with Gasteiger partial charge < -0.3 is 19.9 Å². The first-order valence-corrected chi connectivity index (χ1v) is 8.00. The Labute approximate surface area is 140 Å². The molecule has 2 rings (SSSR count). The summed E-state index contributed by atoms with van der Waals surface area (Å²) in [7, 11) is 0. The first kappa shape index (κ1) is 17.9. The molecule has 0 radical (unpaired) electrons. The third-order valence-corrected chi connectivity index (χ3v) is 4.03. The maximum atomic E-state index is 12.4. The Balaban J connectivity index is 1.97. The second-order valence-corrected chi connectivity index (χ2v) is 5.48. The van der Waals surface area contributed by atoms with E-state index in [0.717, 1.165) is 25.8 Å². The lowest BCUT2D eigenvalue weighted by molar-refractivity contribution is -0.389. The molecule has 1 aliphatic heterocycles. The van der Waals surface area contributed by atoms with Crippen molar-refractivity contribution in [3.63, 3.8) is 0 Å². The van der Waals surface area contributed by atoms with E-state index in [1.165, 1.54) is 5.01 Å². The van der Waals surface area contributed by atoms with E-state index in [1.54, 1.807) is 11.8 Å². The van der Waals surface area contributed by atoms with Gasteiger partial charge in [0.2, 0.25) is 5.82 Å². The van der Waals surface area contributed by atoms with Crippen LogP contribution in [-0.2, 0) is 0 Å². The van der Waals surface area contributed by atoms with E-state index >= 15 is 0 Å². The molecule has 0 aliphatic carbocycles. The molecule has 0 unspecified atom stereocenters. The number of nitrogens with zero attached hydrogens (tertiary/aromatic N) is 6. The van der Waals surface area contributed by atoms with E-state index in [1.807, 2.05) is 0 Å². The summed E-state index contributed by atoms with van der Waals surface area (Å²) >= 11 is 0. The van der Waals surface area contributed by atoms with Gasteiger partial charge in [-0.05, 0) is 24.9 Å². The molecule has 10 heteroatoms. The molecular formula is C14H23N7O3. The van der Waals surface area contributed by atoms with Gasteiger partial charge in [0.15, 0.2) is 0 Å². The van der Waals surface area contributed by atoms with Crippen LogP contribution in [0.5, 0.6) is 0 Å². The number of nitro groups is 1. The van der Waals surface area contributed by atoms with E-state index < -0.39 is 4.92 Å². The molecule has 24 heavy (non-hydrogen) atoms. The first-order chi connectivity index (χ1) is 11.5. The summed E-state index contributed by atoms with van der Waals surface area (Å²) in [5, 5.41) is 16.3. The monoisotopic (exact) mass is 337 g/mol. The minimum absolute atomic E-state index is 0.150. The SMILES string of the molecule is CCN(CC)CCN1CCN(N=C(C)c2ncc([N+](=O)[O-])[nH]2)C1=O. The van der Waals surface area contributed by atoms with Crippen molar-refractivity contribution in [2.24, 2.45) is 5.10 Å². The lowest BCUT2D eigenvalue weighted by atomic mass is 10.4. The van der Waals surface area contributed by atoms with Crippen LogP contribution in [0.1, 0.15) is 26.6 Å². The van der Waals surface area contributed by atoms with Gasteiger partial charge in [0.1, 0.15) is 11.9 Å². The number of nitrogens with one attached hydrogen (secondary N) is 1. The highest BCUT2D eigenvalue weighted by molar-refractivity contribution is 5.96. The van der Waals surface area contributed by atoms with Crippen molar-refractivity contribution >= 4 is 17.6 Å². The summed E-state index contributed by atoms with van der Waals surface area (Å²) in [4.78, 5) is 33.0. The van der Waals surface area contributed by atoms with Crippen LogP contribution in [0.2, 0.25) is 0 Å². The molecule has 2 heterocycles. The average molecular weight is 337 g/mol. The minimum atomic E-state index is -0.556. The van der Waals surface area contributed by atoms with E-state index in [0.29, 0.717) is 25.3 Å². The molecule has 0 spiro atoms. The highest BCUT2D eigenvalue weighted by atomic mass is 16.6. The van der Waals surface area contributed by atoms with E-state index in [-0.39, 0.29) is 17.7 Å². The number of carbonyl (C=O) groups excluding carboxylic acids is 1. The van der Waals surface area contributed by atoms with Gasteiger partial charge >= 0.3 is 11.8 Å². The summed E-state index contributed by atoms with van der Waals surface area (Å²) in [6.45, 7) is 10.4. The number of aromatic amines is 1. The molecule has 1 aromatic rings. The Morgan fingerprint density at radius 2 is 2.17 bits per heavy atom. The Morgan fingerprint density at radius 3 is 2.75 bits per heavy atom. The molecule has 2 amide bonds. The molecule has 0 atom stereocenters. The molecule has 0 aromatic carbocycles. The fourth-order valence-corrected chi connectivity index (χ4v) is 2.49. The van der Waals surface area contributed by atoms with Crippen molar-refractivity contribution in [1.82, 2.24) is 24.8 Å². The van der Waals surface area contributed by atoms with Crippen LogP contribution >= 0.6 is 0 Å². The average Bonchev–Trinajstić information content (AvgIpc) is 3.18. The van der Waals surface area contributed by atoms with Crippen molar-refractivity contribution in [3.05, 3.63) is 22.1 Å². The number of imidazole rings is 1. The van der Waals surface area contributed by atoms with Crippen LogP contribution in [0, 0.1) is 10.1 Å². The predicted molar refractivity (Wildman–Crippen MR) is 88.9 cm³/mol. The summed E-state index contributed by atoms with van der Waals surface area (Å²) in [6.07, 6.45) is 1.14. The number of rotatable bonds is 8. The van der Waals surface area contributed by atoms with Gasteiger partial charge in [-0.25, -0.2) is 19.8 Å². The topological polar surface area (TPSA) is 111 Å². The summed E-state index contributed by atoms with van der Waals surface area (Å²) < 4.78 is 0.